The Morgan fingerprint density at radius 3 is 2.45 bits per heavy atom. The SMILES string of the molecule is CCNCc1cc(Cl)cc(Cl)c1OCCN(CC)CC. The van der Waals surface area contributed by atoms with Crippen LogP contribution < -0.4 is 10.1 Å². The lowest BCUT2D eigenvalue weighted by molar-refractivity contribution is 0.221. The normalized spacial score (nSPS) is 11.1. The second kappa shape index (κ2) is 9.46. The molecular weight excluding hydrogens is 295 g/mol. The Kier molecular flexibility index (Phi) is 8.31. The highest BCUT2D eigenvalue weighted by molar-refractivity contribution is 6.35. The molecule has 0 spiro atoms. The second-order valence-corrected chi connectivity index (χ2v) is 5.38. The van der Waals surface area contributed by atoms with E-state index in [0.29, 0.717) is 23.2 Å². The van der Waals surface area contributed by atoms with Crippen molar-refractivity contribution in [3.05, 3.63) is 27.7 Å². The Hall–Kier alpha value is -0.480. The summed E-state index contributed by atoms with van der Waals surface area (Å²) < 4.78 is 5.88. The molecule has 114 valence electrons. The molecule has 1 aromatic carbocycles. The summed E-state index contributed by atoms with van der Waals surface area (Å²) >= 11 is 12.3. The summed E-state index contributed by atoms with van der Waals surface area (Å²) in [5.74, 6) is 0.740. The van der Waals surface area contributed by atoms with E-state index in [1.54, 1.807) is 6.07 Å². The molecule has 0 atom stereocenters. The largest absolute Gasteiger partial charge is 0.490 e. The number of hydrogen-bond donors (Lipinski definition) is 1. The van der Waals surface area contributed by atoms with Crippen molar-refractivity contribution in [2.45, 2.75) is 27.3 Å². The quantitative estimate of drug-likeness (QED) is 0.749. The van der Waals surface area contributed by atoms with Crippen molar-refractivity contribution in [3.63, 3.8) is 0 Å². The molecule has 0 fully saturated rings. The van der Waals surface area contributed by atoms with Crippen molar-refractivity contribution in [2.75, 3.05) is 32.8 Å². The smallest absolute Gasteiger partial charge is 0.142 e. The van der Waals surface area contributed by atoms with Gasteiger partial charge in [0.05, 0.1) is 5.02 Å². The molecule has 5 heteroatoms. The van der Waals surface area contributed by atoms with Gasteiger partial charge in [-0.2, -0.15) is 0 Å². The van der Waals surface area contributed by atoms with Gasteiger partial charge < -0.3 is 15.0 Å². The highest BCUT2D eigenvalue weighted by Crippen LogP contribution is 2.32. The maximum atomic E-state index is 6.25. The fraction of sp³-hybridized carbons (Fsp3) is 0.600. The van der Waals surface area contributed by atoms with Gasteiger partial charge in [0.25, 0.3) is 0 Å². The van der Waals surface area contributed by atoms with Gasteiger partial charge in [0.2, 0.25) is 0 Å². The number of halogens is 2. The van der Waals surface area contributed by atoms with Gasteiger partial charge in [0.15, 0.2) is 0 Å². The Bertz CT molecular complexity index is 409. The zero-order valence-electron chi connectivity index (χ0n) is 12.5. The van der Waals surface area contributed by atoms with Crippen LogP contribution in [-0.2, 0) is 6.54 Å². The topological polar surface area (TPSA) is 24.5 Å². The number of likely N-dealkylation sites (N-methyl/N-ethyl adjacent to an activating group) is 1. The summed E-state index contributed by atoms with van der Waals surface area (Å²) in [5, 5.41) is 4.49. The molecule has 0 aromatic heterocycles. The minimum atomic E-state index is 0.574. The zero-order chi connectivity index (χ0) is 15.0. The third-order valence-electron chi connectivity index (χ3n) is 3.20. The van der Waals surface area contributed by atoms with Crippen LogP contribution in [-0.4, -0.2) is 37.7 Å². The summed E-state index contributed by atoms with van der Waals surface area (Å²) in [6, 6.07) is 3.63. The maximum Gasteiger partial charge on any atom is 0.142 e. The fourth-order valence-corrected chi connectivity index (χ4v) is 2.57. The molecule has 0 saturated carbocycles. The van der Waals surface area contributed by atoms with Crippen molar-refractivity contribution in [2.24, 2.45) is 0 Å². The monoisotopic (exact) mass is 318 g/mol. The molecule has 20 heavy (non-hydrogen) atoms. The molecule has 0 heterocycles. The molecule has 0 unspecified atom stereocenters. The van der Waals surface area contributed by atoms with Gasteiger partial charge in [0, 0.05) is 23.7 Å². The van der Waals surface area contributed by atoms with Gasteiger partial charge in [0.1, 0.15) is 12.4 Å². The van der Waals surface area contributed by atoms with Crippen LogP contribution in [0.2, 0.25) is 10.0 Å². The van der Waals surface area contributed by atoms with Crippen molar-refractivity contribution in [3.8, 4) is 5.75 Å². The highest BCUT2D eigenvalue weighted by Gasteiger charge is 2.11. The number of ether oxygens (including phenoxy) is 1. The van der Waals surface area contributed by atoms with E-state index in [4.69, 9.17) is 27.9 Å². The van der Waals surface area contributed by atoms with Crippen LogP contribution in [0.5, 0.6) is 5.75 Å². The van der Waals surface area contributed by atoms with Crippen LogP contribution in [0.1, 0.15) is 26.3 Å². The number of rotatable bonds is 9. The summed E-state index contributed by atoms with van der Waals surface area (Å²) in [6.07, 6.45) is 0. The van der Waals surface area contributed by atoms with Crippen molar-refractivity contribution in [1.82, 2.24) is 10.2 Å². The zero-order valence-corrected chi connectivity index (χ0v) is 14.0. The van der Waals surface area contributed by atoms with E-state index in [2.05, 4.69) is 31.0 Å². The first-order valence-corrected chi connectivity index (χ1v) is 7.91. The van der Waals surface area contributed by atoms with Crippen LogP contribution in [0.4, 0.5) is 0 Å². The minimum Gasteiger partial charge on any atom is -0.490 e. The molecule has 0 amide bonds. The van der Waals surface area contributed by atoms with E-state index in [1.165, 1.54) is 0 Å². The third-order valence-corrected chi connectivity index (χ3v) is 3.70. The first-order chi connectivity index (χ1) is 9.62. The van der Waals surface area contributed by atoms with E-state index < -0.39 is 0 Å². The number of benzene rings is 1. The van der Waals surface area contributed by atoms with Crippen LogP contribution in [0.3, 0.4) is 0 Å². The first-order valence-electron chi connectivity index (χ1n) is 7.16. The van der Waals surface area contributed by atoms with E-state index in [-0.39, 0.29) is 0 Å². The van der Waals surface area contributed by atoms with Crippen LogP contribution in [0.15, 0.2) is 12.1 Å². The average molecular weight is 319 g/mol. The number of nitrogens with one attached hydrogen (secondary N) is 1. The number of nitrogens with zero attached hydrogens (tertiary/aromatic N) is 1. The average Bonchev–Trinajstić information content (AvgIpc) is 2.43. The van der Waals surface area contributed by atoms with Crippen molar-refractivity contribution < 1.29 is 4.74 Å². The van der Waals surface area contributed by atoms with Crippen LogP contribution in [0.25, 0.3) is 0 Å². The maximum absolute atomic E-state index is 6.25. The summed E-state index contributed by atoms with van der Waals surface area (Å²) in [7, 11) is 0. The van der Waals surface area contributed by atoms with Gasteiger partial charge in [-0.05, 0) is 31.8 Å². The van der Waals surface area contributed by atoms with E-state index in [9.17, 15) is 0 Å². The highest BCUT2D eigenvalue weighted by atomic mass is 35.5. The van der Waals surface area contributed by atoms with Crippen molar-refractivity contribution >= 4 is 23.2 Å². The lowest BCUT2D eigenvalue weighted by Crippen LogP contribution is -2.28. The molecule has 0 bridgehead atoms. The molecule has 0 aliphatic heterocycles. The van der Waals surface area contributed by atoms with E-state index in [1.807, 2.05) is 6.07 Å². The predicted molar refractivity (Wildman–Crippen MR) is 87.1 cm³/mol. The number of hydrogen-bond acceptors (Lipinski definition) is 3. The van der Waals surface area contributed by atoms with E-state index >= 15 is 0 Å². The summed E-state index contributed by atoms with van der Waals surface area (Å²) in [5.41, 5.74) is 1.00. The molecular formula is C15H24Cl2N2O. The summed E-state index contributed by atoms with van der Waals surface area (Å²) in [6.45, 7) is 11.5. The first kappa shape index (κ1) is 17.6. The predicted octanol–water partition coefficient (Wildman–Crippen LogP) is 3.82. The molecule has 0 aliphatic carbocycles. The third kappa shape index (κ3) is 5.49. The Morgan fingerprint density at radius 2 is 1.85 bits per heavy atom. The van der Waals surface area contributed by atoms with Gasteiger partial charge in [-0.25, -0.2) is 0 Å². The van der Waals surface area contributed by atoms with Crippen molar-refractivity contribution in [1.29, 1.82) is 0 Å². The summed E-state index contributed by atoms with van der Waals surface area (Å²) in [4.78, 5) is 2.31. The minimum absolute atomic E-state index is 0.574. The lowest BCUT2D eigenvalue weighted by atomic mass is 10.2. The van der Waals surface area contributed by atoms with E-state index in [0.717, 1.165) is 37.5 Å². The Labute approximate surface area is 132 Å². The molecule has 1 aromatic rings. The molecule has 1 rings (SSSR count). The van der Waals surface area contributed by atoms with Gasteiger partial charge in [-0.3, -0.25) is 0 Å². The van der Waals surface area contributed by atoms with Crippen LogP contribution in [0, 0.1) is 0 Å². The molecule has 0 radical (unpaired) electrons. The standard InChI is InChI=1S/C15H24Cl2N2O/c1-4-18-11-12-9-13(16)10-14(17)15(12)20-8-7-19(5-2)6-3/h9-10,18H,4-8,11H2,1-3H3. The molecule has 1 N–H and O–H groups in total. The lowest BCUT2D eigenvalue weighted by Gasteiger charge is -2.19. The molecule has 3 nitrogen and oxygen atoms in total. The van der Waals surface area contributed by atoms with Crippen LogP contribution >= 0.6 is 23.2 Å². The second-order valence-electron chi connectivity index (χ2n) is 4.53. The Balaban J connectivity index is 2.71. The Morgan fingerprint density at radius 1 is 1.15 bits per heavy atom. The van der Waals surface area contributed by atoms with Gasteiger partial charge in [-0.15, -0.1) is 0 Å². The molecule has 0 saturated heterocycles. The van der Waals surface area contributed by atoms with Gasteiger partial charge in [-0.1, -0.05) is 44.0 Å². The molecule has 0 aliphatic rings. The fourth-order valence-electron chi connectivity index (χ4n) is 1.98. The van der Waals surface area contributed by atoms with Gasteiger partial charge >= 0.3 is 0 Å².